The van der Waals surface area contributed by atoms with Gasteiger partial charge in [-0.15, -0.1) is 11.8 Å². The minimum atomic E-state index is 0.730. The fraction of sp³-hybridized carbons (Fsp3) is 0.500. The zero-order valence-corrected chi connectivity index (χ0v) is 11.4. The molecule has 14 heavy (non-hydrogen) atoms. The first-order chi connectivity index (χ1) is 6.59. The first-order valence-electron chi connectivity index (χ1n) is 4.53. The summed E-state index contributed by atoms with van der Waals surface area (Å²) in [7, 11) is 0. The third-order valence-corrected chi connectivity index (χ3v) is 3.58. The van der Waals surface area contributed by atoms with Crippen LogP contribution in [0.5, 0.6) is 0 Å². The van der Waals surface area contributed by atoms with E-state index < -0.39 is 0 Å². The number of hydrogen-bond donors (Lipinski definition) is 0. The van der Waals surface area contributed by atoms with E-state index in [0.717, 1.165) is 26.2 Å². The molecule has 0 aliphatic rings. The predicted octanol–water partition coefficient (Wildman–Crippen LogP) is 4.64. The zero-order valence-electron chi connectivity index (χ0n) is 8.26. The predicted molar refractivity (Wildman–Crippen MR) is 67.1 cm³/mol. The Kier molecular flexibility index (Phi) is 5.28. The molecule has 0 aromatic carbocycles. The van der Waals surface area contributed by atoms with E-state index in [1.165, 1.54) is 6.42 Å². The van der Waals surface area contributed by atoms with Gasteiger partial charge in [0.15, 0.2) is 0 Å². The molecule has 0 saturated carbocycles. The maximum atomic E-state index is 6.03. The van der Waals surface area contributed by atoms with Crippen LogP contribution in [0.25, 0.3) is 0 Å². The second-order valence-electron chi connectivity index (χ2n) is 3.47. The van der Waals surface area contributed by atoms with Crippen LogP contribution in [0.4, 0.5) is 0 Å². The molecule has 0 aliphatic heterocycles. The van der Waals surface area contributed by atoms with Crippen molar-refractivity contribution in [2.75, 3.05) is 5.75 Å². The van der Waals surface area contributed by atoms with Crippen molar-refractivity contribution in [3.63, 3.8) is 0 Å². The van der Waals surface area contributed by atoms with E-state index >= 15 is 0 Å². The van der Waals surface area contributed by atoms with Crippen LogP contribution < -0.4 is 0 Å². The second-order valence-corrected chi connectivity index (χ2v) is 5.88. The van der Waals surface area contributed by atoms with Crippen LogP contribution in [-0.2, 0) is 0 Å². The molecule has 0 amide bonds. The van der Waals surface area contributed by atoms with Gasteiger partial charge in [-0.2, -0.15) is 0 Å². The van der Waals surface area contributed by atoms with Gasteiger partial charge in [0, 0.05) is 10.7 Å². The summed E-state index contributed by atoms with van der Waals surface area (Å²) in [6.45, 7) is 4.44. The third kappa shape index (κ3) is 4.20. The van der Waals surface area contributed by atoms with Crippen LogP contribution in [0.3, 0.4) is 0 Å². The largest absolute Gasteiger partial charge is 0.247 e. The Morgan fingerprint density at radius 1 is 1.57 bits per heavy atom. The van der Waals surface area contributed by atoms with Gasteiger partial charge in [-0.05, 0) is 40.1 Å². The van der Waals surface area contributed by atoms with Gasteiger partial charge in [-0.3, -0.25) is 0 Å². The normalized spacial score (nSPS) is 10.9. The van der Waals surface area contributed by atoms with Crippen molar-refractivity contribution < 1.29 is 0 Å². The topological polar surface area (TPSA) is 12.9 Å². The number of rotatable bonds is 4. The van der Waals surface area contributed by atoms with Gasteiger partial charge in [-0.25, -0.2) is 4.98 Å². The van der Waals surface area contributed by atoms with Crippen molar-refractivity contribution in [3.05, 3.63) is 21.8 Å². The van der Waals surface area contributed by atoms with Gasteiger partial charge in [0.2, 0.25) is 0 Å². The first-order valence-corrected chi connectivity index (χ1v) is 6.69. The molecule has 0 fully saturated rings. The summed E-state index contributed by atoms with van der Waals surface area (Å²) in [6.07, 6.45) is 2.97. The summed E-state index contributed by atoms with van der Waals surface area (Å²) in [5, 5.41) is 1.66. The van der Waals surface area contributed by atoms with E-state index in [1.54, 1.807) is 18.0 Å². The van der Waals surface area contributed by atoms with Crippen molar-refractivity contribution in [3.8, 4) is 0 Å². The van der Waals surface area contributed by atoms with Crippen molar-refractivity contribution >= 4 is 39.3 Å². The SMILES string of the molecule is CC(C)CCSc1ncc(Br)cc1Cl. The highest BCUT2D eigenvalue weighted by Gasteiger charge is 2.03. The quantitative estimate of drug-likeness (QED) is 0.751. The van der Waals surface area contributed by atoms with Crippen LogP contribution >= 0.6 is 39.3 Å². The molecule has 1 nitrogen and oxygen atoms in total. The number of nitrogens with zero attached hydrogens (tertiary/aromatic N) is 1. The maximum Gasteiger partial charge on any atom is 0.115 e. The van der Waals surface area contributed by atoms with Gasteiger partial charge >= 0.3 is 0 Å². The van der Waals surface area contributed by atoms with E-state index in [2.05, 4.69) is 34.8 Å². The van der Waals surface area contributed by atoms with E-state index in [-0.39, 0.29) is 0 Å². The van der Waals surface area contributed by atoms with E-state index in [1.807, 2.05) is 6.07 Å². The van der Waals surface area contributed by atoms with Crippen LogP contribution in [0.15, 0.2) is 21.8 Å². The minimum Gasteiger partial charge on any atom is -0.247 e. The summed E-state index contributed by atoms with van der Waals surface area (Å²) >= 11 is 11.1. The Morgan fingerprint density at radius 3 is 2.86 bits per heavy atom. The molecule has 0 atom stereocenters. The minimum absolute atomic E-state index is 0.730. The van der Waals surface area contributed by atoms with Crippen LogP contribution in [0.2, 0.25) is 5.02 Å². The summed E-state index contributed by atoms with van der Waals surface area (Å²) in [5.41, 5.74) is 0. The standard InChI is InChI=1S/C10H13BrClNS/c1-7(2)3-4-14-10-9(12)5-8(11)6-13-10/h5-7H,3-4H2,1-2H3. The summed E-state index contributed by atoms with van der Waals surface area (Å²) in [6, 6.07) is 1.88. The zero-order chi connectivity index (χ0) is 10.6. The molecule has 1 aromatic heterocycles. The molecule has 0 aliphatic carbocycles. The highest BCUT2D eigenvalue weighted by Crippen LogP contribution is 2.28. The van der Waals surface area contributed by atoms with Gasteiger partial charge in [0.25, 0.3) is 0 Å². The molecule has 4 heteroatoms. The maximum absolute atomic E-state index is 6.03. The number of hydrogen-bond acceptors (Lipinski definition) is 2. The lowest BCUT2D eigenvalue weighted by atomic mass is 10.2. The third-order valence-electron chi connectivity index (χ3n) is 1.71. The molecular weight excluding hydrogens is 282 g/mol. The Bertz CT molecular complexity index is 304. The number of aromatic nitrogens is 1. The smallest absolute Gasteiger partial charge is 0.115 e. The Morgan fingerprint density at radius 2 is 2.29 bits per heavy atom. The van der Waals surface area contributed by atoms with Gasteiger partial charge in [-0.1, -0.05) is 25.4 Å². The van der Waals surface area contributed by atoms with Gasteiger partial charge < -0.3 is 0 Å². The summed E-state index contributed by atoms with van der Waals surface area (Å²) in [5.74, 6) is 1.81. The fourth-order valence-corrected chi connectivity index (χ4v) is 2.80. The fourth-order valence-electron chi connectivity index (χ4n) is 0.900. The second kappa shape index (κ2) is 5.99. The average molecular weight is 295 g/mol. The van der Waals surface area contributed by atoms with Gasteiger partial charge in [0.05, 0.1) is 5.02 Å². The highest BCUT2D eigenvalue weighted by molar-refractivity contribution is 9.10. The lowest BCUT2D eigenvalue weighted by molar-refractivity contribution is 0.632. The lowest BCUT2D eigenvalue weighted by Crippen LogP contribution is -1.90. The monoisotopic (exact) mass is 293 g/mol. The molecule has 0 spiro atoms. The summed E-state index contributed by atoms with van der Waals surface area (Å²) < 4.78 is 0.927. The number of thioether (sulfide) groups is 1. The number of halogens is 2. The average Bonchev–Trinajstić information content (AvgIpc) is 2.08. The Hall–Kier alpha value is 0.270. The molecule has 0 unspecified atom stereocenters. The van der Waals surface area contributed by atoms with Crippen LogP contribution in [-0.4, -0.2) is 10.7 Å². The van der Waals surface area contributed by atoms with Crippen LogP contribution in [0.1, 0.15) is 20.3 Å². The van der Waals surface area contributed by atoms with Gasteiger partial charge in [0.1, 0.15) is 5.03 Å². The van der Waals surface area contributed by atoms with Crippen molar-refractivity contribution in [2.45, 2.75) is 25.3 Å². The molecule has 1 aromatic rings. The Balaban J connectivity index is 2.51. The highest BCUT2D eigenvalue weighted by atomic mass is 79.9. The number of pyridine rings is 1. The van der Waals surface area contributed by atoms with E-state index in [0.29, 0.717) is 0 Å². The molecule has 1 rings (SSSR count). The Labute approximate surface area is 103 Å². The van der Waals surface area contributed by atoms with Crippen molar-refractivity contribution in [1.29, 1.82) is 0 Å². The molecular formula is C10H13BrClNS. The van der Waals surface area contributed by atoms with Crippen molar-refractivity contribution in [2.24, 2.45) is 5.92 Å². The van der Waals surface area contributed by atoms with Crippen LogP contribution in [0, 0.1) is 5.92 Å². The van der Waals surface area contributed by atoms with E-state index in [9.17, 15) is 0 Å². The van der Waals surface area contributed by atoms with E-state index in [4.69, 9.17) is 11.6 Å². The molecule has 0 N–H and O–H groups in total. The lowest BCUT2D eigenvalue weighted by Gasteiger charge is -2.05. The van der Waals surface area contributed by atoms with Crippen molar-refractivity contribution in [1.82, 2.24) is 4.98 Å². The summed E-state index contributed by atoms with van der Waals surface area (Å²) in [4.78, 5) is 4.26. The molecule has 1 heterocycles. The first kappa shape index (κ1) is 12.3. The molecule has 0 saturated heterocycles. The molecule has 0 bridgehead atoms. The molecule has 0 radical (unpaired) electrons. The molecule has 78 valence electrons.